The number of hydrogen-bond donors (Lipinski definition) is 1. The summed E-state index contributed by atoms with van der Waals surface area (Å²) < 4.78 is 39.1. The molecule has 2 aromatic rings. The largest absolute Gasteiger partial charge is 0.357 e. The Morgan fingerprint density at radius 1 is 1.09 bits per heavy atom. The van der Waals surface area contributed by atoms with Crippen LogP contribution < -0.4 is 9.62 Å². The maximum atomic E-state index is 13.3. The van der Waals surface area contributed by atoms with Crippen molar-refractivity contribution in [3.05, 3.63) is 64.9 Å². The number of hydrogen-bond acceptors (Lipinski definition) is 4. The second kappa shape index (κ2) is 12.0. The van der Waals surface area contributed by atoms with Crippen LogP contribution in [0.5, 0.6) is 0 Å². The number of carbonyl (C=O) groups excluding carboxylic acids is 2. The van der Waals surface area contributed by atoms with Crippen LogP contribution in [0.4, 0.5) is 10.1 Å². The number of sulfonamides is 1. The van der Waals surface area contributed by atoms with E-state index >= 15 is 0 Å². The van der Waals surface area contributed by atoms with Crippen molar-refractivity contribution in [1.82, 2.24) is 10.2 Å². The third kappa shape index (κ3) is 7.71. The van der Waals surface area contributed by atoms with E-state index in [1.165, 1.54) is 28.4 Å². The fourth-order valence-electron chi connectivity index (χ4n) is 3.48. The van der Waals surface area contributed by atoms with Crippen molar-refractivity contribution in [3.8, 4) is 0 Å². The quantitative estimate of drug-likeness (QED) is 0.514. The Bertz CT molecular complexity index is 1050. The van der Waals surface area contributed by atoms with Gasteiger partial charge in [-0.1, -0.05) is 30.7 Å². The third-order valence-electron chi connectivity index (χ3n) is 5.17. The molecule has 2 aromatic carbocycles. The zero-order valence-electron chi connectivity index (χ0n) is 18.9. The Labute approximate surface area is 199 Å². The van der Waals surface area contributed by atoms with Gasteiger partial charge in [0.25, 0.3) is 0 Å². The van der Waals surface area contributed by atoms with Crippen LogP contribution in [0.3, 0.4) is 0 Å². The van der Waals surface area contributed by atoms with Crippen LogP contribution in [0.25, 0.3) is 0 Å². The Balaban J connectivity index is 2.17. The molecule has 0 aliphatic carbocycles. The van der Waals surface area contributed by atoms with E-state index in [4.69, 9.17) is 11.6 Å². The second-order valence-corrected chi connectivity index (χ2v) is 9.94. The highest BCUT2D eigenvalue weighted by Gasteiger charge is 2.28. The van der Waals surface area contributed by atoms with E-state index in [1.807, 2.05) is 0 Å². The van der Waals surface area contributed by atoms with Gasteiger partial charge in [-0.2, -0.15) is 0 Å². The minimum absolute atomic E-state index is 0.0360. The molecule has 10 heteroatoms. The molecule has 0 aromatic heterocycles. The summed E-state index contributed by atoms with van der Waals surface area (Å²) in [5.41, 5.74) is 1.14. The number of amides is 2. The summed E-state index contributed by atoms with van der Waals surface area (Å²) in [6.45, 7) is 2.03. The summed E-state index contributed by atoms with van der Waals surface area (Å²) in [5, 5.41) is 3.06. The predicted octanol–water partition coefficient (Wildman–Crippen LogP) is 3.58. The summed E-state index contributed by atoms with van der Waals surface area (Å²) in [5.74, 6) is -0.982. The van der Waals surface area contributed by atoms with Gasteiger partial charge in [0, 0.05) is 31.6 Å². The molecule has 0 bridgehead atoms. The molecule has 0 heterocycles. The predicted molar refractivity (Wildman–Crippen MR) is 128 cm³/mol. The van der Waals surface area contributed by atoms with Gasteiger partial charge in [0.05, 0.1) is 11.9 Å². The Morgan fingerprint density at radius 3 is 2.21 bits per heavy atom. The number of anilines is 1. The van der Waals surface area contributed by atoms with Crippen molar-refractivity contribution in [2.45, 2.75) is 38.8 Å². The highest BCUT2D eigenvalue weighted by molar-refractivity contribution is 7.92. The molecule has 0 saturated heterocycles. The molecule has 7 nitrogen and oxygen atoms in total. The van der Waals surface area contributed by atoms with E-state index in [1.54, 1.807) is 43.3 Å². The lowest BCUT2D eigenvalue weighted by molar-refractivity contribution is -0.141. The van der Waals surface area contributed by atoms with Crippen LogP contribution in [0, 0.1) is 5.82 Å². The molecule has 0 unspecified atom stereocenters. The average molecular weight is 498 g/mol. The first-order chi connectivity index (χ1) is 15.6. The van der Waals surface area contributed by atoms with Gasteiger partial charge in [-0.15, -0.1) is 0 Å². The molecule has 2 rings (SSSR count). The zero-order valence-corrected chi connectivity index (χ0v) is 20.5. The van der Waals surface area contributed by atoms with E-state index < -0.39 is 21.9 Å². The maximum absolute atomic E-state index is 13.3. The summed E-state index contributed by atoms with van der Waals surface area (Å²) in [6.07, 6.45) is 1.78. The van der Waals surface area contributed by atoms with Crippen LogP contribution in [-0.4, -0.2) is 51.0 Å². The van der Waals surface area contributed by atoms with Gasteiger partial charge in [0.2, 0.25) is 21.8 Å². The monoisotopic (exact) mass is 497 g/mol. The molecule has 0 radical (unpaired) electrons. The van der Waals surface area contributed by atoms with Crippen molar-refractivity contribution in [2.75, 3.05) is 24.2 Å². The molecule has 0 aliphatic heterocycles. The number of carbonyl (C=O) groups is 2. The molecular weight excluding hydrogens is 469 g/mol. The fourth-order valence-corrected chi connectivity index (χ4v) is 4.58. The van der Waals surface area contributed by atoms with Gasteiger partial charge in [-0.25, -0.2) is 12.8 Å². The Hall–Kier alpha value is -2.65. The first kappa shape index (κ1) is 26.6. The first-order valence-electron chi connectivity index (χ1n) is 10.6. The van der Waals surface area contributed by atoms with Crippen molar-refractivity contribution >= 4 is 39.1 Å². The lowest BCUT2D eigenvalue weighted by Gasteiger charge is -2.30. The molecule has 2 amide bonds. The third-order valence-corrected chi connectivity index (χ3v) is 6.61. The van der Waals surface area contributed by atoms with Crippen LogP contribution in [0.1, 0.15) is 31.7 Å². The number of halogens is 2. The highest BCUT2D eigenvalue weighted by atomic mass is 35.5. The van der Waals surface area contributed by atoms with Crippen LogP contribution in [-0.2, 0) is 26.2 Å². The molecule has 1 N–H and O–H groups in total. The number of likely N-dealkylation sites (N-methyl/N-ethyl adjacent to an activating group) is 1. The molecule has 180 valence electrons. The molecule has 1 atom stereocenters. The van der Waals surface area contributed by atoms with Crippen molar-refractivity contribution in [2.24, 2.45) is 0 Å². The molecule has 33 heavy (non-hydrogen) atoms. The summed E-state index contributed by atoms with van der Waals surface area (Å²) >= 11 is 5.90. The lowest BCUT2D eigenvalue weighted by Crippen LogP contribution is -2.48. The van der Waals surface area contributed by atoms with Crippen molar-refractivity contribution in [1.29, 1.82) is 0 Å². The molecule has 0 aliphatic rings. The van der Waals surface area contributed by atoms with Gasteiger partial charge < -0.3 is 10.2 Å². The minimum atomic E-state index is -3.57. The van der Waals surface area contributed by atoms with E-state index in [0.29, 0.717) is 22.7 Å². The van der Waals surface area contributed by atoms with E-state index in [9.17, 15) is 22.4 Å². The Morgan fingerprint density at radius 2 is 1.70 bits per heavy atom. The zero-order chi connectivity index (χ0) is 24.6. The van der Waals surface area contributed by atoms with Gasteiger partial charge in [-0.05, 0) is 54.8 Å². The maximum Gasteiger partial charge on any atom is 0.242 e. The van der Waals surface area contributed by atoms with Gasteiger partial charge in [0.1, 0.15) is 11.9 Å². The lowest BCUT2D eigenvalue weighted by atomic mass is 10.1. The smallest absolute Gasteiger partial charge is 0.242 e. The van der Waals surface area contributed by atoms with Crippen LogP contribution in [0.15, 0.2) is 48.5 Å². The minimum Gasteiger partial charge on any atom is -0.357 e. The number of nitrogens with one attached hydrogen (secondary N) is 1. The first-order valence-corrected chi connectivity index (χ1v) is 12.8. The number of rotatable bonds is 11. The fraction of sp³-hybridized carbons (Fsp3) is 0.391. The normalized spacial score (nSPS) is 12.2. The average Bonchev–Trinajstić information content (AvgIpc) is 2.77. The standard InChI is InChI=1S/C23H29ClFN3O4S/c1-4-21(23(30)26-2)27(16-17-7-11-19(25)12-8-17)22(29)6-5-15-28(33(3,31)32)20-13-9-18(24)10-14-20/h7-14,21H,4-6,15-16H2,1-3H3,(H,26,30)/t21-/m0/s1. The van der Waals surface area contributed by atoms with Gasteiger partial charge in [0.15, 0.2) is 0 Å². The highest BCUT2D eigenvalue weighted by Crippen LogP contribution is 2.21. The van der Waals surface area contributed by atoms with E-state index in [0.717, 1.165) is 6.26 Å². The molecule has 0 saturated carbocycles. The summed E-state index contributed by atoms with van der Waals surface area (Å²) in [4.78, 5) is 27.0. The molecular formula is C23H29ClFN3O4S. The summed E-state index contributed by atoms with van der Waals surface area (Å²) in [7, 11) is -2.07. The second-order valence-electron chi connectivity index (χ2n) is 7.60. The number of benzene rings is 2. The van der Waals surface area contributed by atoms with Crippen molar-refractivity contribution in [3.63, 3.8) is 0 Å². The van der Waals surface area contributed by atoms with Gasteiger partial charge in [-0.3, -0.25) is 13.9 Å². The van der Waals surface area contributed by atoms with Gasteiger partial charge >= 0.3 is 0 Å². The molecule has 0 spiro atoms. The topological polar surface area (TPSA) is 86.8 Å². The van der Waals surface area contributed by atoms with Crippen LogP contribution in [0.2, 0.25) is 5.02 Å². The number of nitrogens with zero attached hydrogens (tertiary/aromatic N) is 2. The molecule has 0 fully saturated rings. The summed E-state index contributed by atoms with van der Waals surface area (Å²) in [6, 6.07) is 11.4. The van der Waals surface area contributed by atoms with E-state index in [-0.39, 0.29) is 37.7 Å². The SMILES string of the molecule is CC[C@@H](C(=O)NC)N(Cc1ccc(F)cc1)C(=O)CCCN(c1ccc(Cl)cc1)S(C)(=O)=O. The van der Waals surface area contributed by atoms with Crippen molar-refractivity contribution < 1.29 is 22.4 Å². The Kier molecular flexibility index (Phi) is 9.67. The van der Waals surface area contributed by atoms with Crippen LogP contribution >= 0.6 is 11.6 Å². The van der Waals surface area contributed by atoms with E-state index in [2.05, 4.69) is 5.32 Å².